The van der Waals surface area contributed by atoms with Crippen LogP contribution in [-0.4, -0.2) is 22.9 Å². The van der Waals surface area contributed by atoms with Crippen LogP contribution in [0.3, 0.4) is 0 Å². The number of carbonyl (C=O) groups excluding carboxylic acids is 1. The highest BCUT2D eigenvalue weighted by atomic mass is 35.5. The van der Waals surface area contributed by atoms with Crippen LogP contribution in [0.2, 0.25) is 5.02 Å². The fourth-order valence-corrected chi connectivity index (χ4v) is 2.45. The third-order valence-corrected chi connectivity index (χ3v) is 3.74. The Balaban J connectivity index is 2.00. The molecule has 0 saturated carbocycles. The van der Waals surface area contributed by atoms with Gasteiger partial charge >= 0.3 is 5.97 Å². The summed E-state index contributed by atoms with van der Waals surface area (Å²) < 4.78 is 6.52. The fraction of sp³-hybridized carbons (Fsp3) is 0.111. The number of methoxy groups -OCH3 is 1. The minimum atomic E-state index is -0.409. The zero-order valence-electron chi connectivity index (χ0n) is 12.6. The van der Waals surface area contributed by atoms with Crippen LogP contribution in [0.5, 0.6) is 0 Å². The van der Waals surface area contributed by atoms with E-state index in [1.807, 2.05) is 42.5 Å². The van der Waals surface area contributed by atoms with Crippen LogP contribution in [0.25, 0.3) is 11.3 Å². The molecule has 0 unspecified atom stereocenters. The lowest BCUT2D eigenvalue weighted by molar-refractivity contribution is 0.0587. The third-order valence-electron chi connectivity index (χ3n) is 3.49. The zero-order chi connectivity index (χ0) is 16.2. The van der Waals surface area contributed by atoms with Crippen molar-refractivity contribution >= 4 is 17.6 Å². The van der Waals surface area contributed by atoms with Crippen LogP contribution < -0.4 is 0 Å². The number of carbonyl (C=O) groups is 1. The molecule has 1 heterocycles. The van der Waals surface area contributed by atoms with Crippen LogP contribution in [0, 0.1) is 0 Å². The van der Waals surface area contributed by atoms with Crippen molar-refractivity contribution in [1.82, 2.24) is 9.78 Å². The van der Waals surface area contributed by atoms with Gasteiger partial charge in [-0.05, 0) is 23.8 Å². The summed E-state index contributed by atoms with van der Waals surface area (Å²) >= 11 is 5.92. The lowest BCUT2D eigenvalue weighted by Crippen LogP contribution is -2.12. The first-order valence-electron chi connectivity index (χ1n) is 7.13. The predicted octanol–water partition coefficient (Wildman–Crippen LogP) is 4.04. The summed E-state index contributed by atoms with van der Waals surface area (Å²) in [6.45, 7) is 0.499. The third kappa shape index (κ3) is 3.43. The number of hydrogen-bond donors (Lipinski definition) is 0. The minimum Gasteiger partial charge on any atom is -0.464 e. The molecule has 1 aromatic heterocycles. The quantitative estimate of drug-likeness (QED) is 0.680. The molecule has 4 nitrogen and oxygen atoms in total. The van der Waals surface area contributed by atoms with Crippen molar-refractivity contribution in [3.05, 3.63) is 76.9 Å². The van der Waals surface area contributed by atoms with Crippen molar-refractivity contribution in [1.29, 1.82) is 0 Å². The molecule has 0 atom stereocenters. The molecule has 0 spiro atoms. The molecule has 0 radical (unpaired) electrons. The highest BCUT2D eigenvalue weighted by Crippen LogP contribution is 2.22. The lowest BCUT2D eigenvalue weighted by Gasteiger charge is -2.05. The SMILES string of the molecule is COC(=O)c1cc(-c2ccc(Cl)cc2)nn1Cc1ccccc1. The average molecular weight is 327 g/mol. The summed E-state index contributed by atoms with van der Waals surface area (Å²) in [7, 11) is 1.37. The summed E-state index contributed by atoms with van der Waals surface area (Å²) in [6.07, 6.45) is 0. The first-order chi connectivity index (χ1) is 11.2. The first-order valence-corrected chi connectivity index (χ1v) is 7.51. The van der Waals surface area contributed by atoms with Gasteiger partial charge in [0.15, 0.2) is 0 Å². The van der Waals surface area contributed by atoms with Gasteiger partial charge in [-0.25, -0.2) is 4.79 Å². The van der Waals surface area contributed by atoms with Crippen molar-refractivity contribution in [2.24, 2.45) is 0 Å². The largest absolute Gasteiger partial charge is 0.464 e. The molecule has 0 aliphatic heterocycles. The Labute approximate surface area is 139 Å². The van der Waals surface area contributed by atoms with Crippen LogP contribution in [-0.2, 0) is 11.3 Å². The molecular weight excluding hydrogens is 312 g/mol. The number of nitrogens with zero attached hydrogens (tertiary/aromatic N) is 2. The summed E-state index contributed by atoms with van der Waals surface area (Å²) in [5.74, 6) is -0.409. The standard InChI is InChI=1S/C18H15ClN2O2/c1-23-18(22)17-11-16(14-7-9-15(19)10-8-14)20-21(17)12-13-5-3-2-4-6-13/h2-11H,12H2,1H3. The van der Waals surface area contributed by atoms with E-state index in [1.165, 1.54) is 7.11 Å². The van der Waals surface area contributed by atoms with Crippen LogP contribution in [0.1, 0.15) is 16.1 Å². The molecule has 23 heavy (non-hydrogen) atoms. The van der Waals surface area contributed by atoms with E-state index >= 15 is 0 Å². The summed E-state index contributed by atoms with van der Waals surface area (Å²) in [6, 6.07) is 18.9. The number of rotatable bonds is 4. The van der Waals surface area contributed by atoms with E-state index in [9.17, 15) is 4.79 Å². The minimum absolute atomic E-state index is 0.409. The smallest absolute Gasteiger partial charge is 0.356 e. The number of halogens is 1. The Bertz CT molecular complexity index is 811. The molecule has 3 rings (SSSR count). The topological polar surface area (TPSA) is 44.1 Å². The van der Waals surface area contributed by atoms with E-state index in [4.69, 9.17) is 16.3 Å². The Morgan fingerprint density at radius 2 is 1.83 bits per heavy atom. The van der Waals surface area contributed by atoms with Gasteiger partial charge in [0, 0.05) is 10.6 Å². The molecule has 116 valence electrons. The number of benzene rings is 2. The van der Waals surface area contributed by atoms with Gasteiger partial charge in [-0.1, -0.05) is 54.1 Å². The van der Waals surface area contributed by atoms with Crippen molar-refractivity contribution < 1.29 is 9.53 Å². The van der Waals surface area contributed by atoms with E-state index in [1.54, 1.807) is 22.9 Å². The van der Waals surface area contributed by atoms with Gasteiger partial charge in [0.25, 0.3) is 0 Å². The lowest BCUT2D eigenvalue weighted by atomic mass is 10.1. The number of aromatic nitrogens is 2. The Hall–Kier alpha value is -2.59. The normalized spacial score (nSPS) is 10.5. The van der Waals surface area contributed by atoms with E-state index in [0.29, 0.717) is 23.0 Å². The fourth-order valence-electron chi connectivity index (χ4n) is 2.32. The predicted molar refractivity (Wildman–Crippen MR) is 89.6 cm³/mol. The van der Waals surface area contributed by atoms with Gasteiger partial charge in [-0.3, -0.25) is 4.68 Å². The Morgan fingerprint density at radius 1 is 1.13 bits per heavy atom. The maximum atomic E-state index is 12.0. The molecule has 0 fully saturated rings. The van der Waals surface area contributed by atoms with Crippen molar-refractivity contribution in [2.75, 3.05) is 7.11 Å². The van der Waals surface area contributed by atoms with E-state index in [0.717, 1.165) is 11.1 Å². The molecule has 0 aliphatic carbocycles. The molecule has 5 heteroatoms. The summed E-state index contributed by atoms with van der Waals surface area (Å²) in [5.41, 5.74) is 3.08. The van der Waals surface area contributed by atoms with Crippen molar-refractivity contribution in [3.8, 4) is 11.3 Å². The zero-order valence-corrected chi connectivity index (χ0v) is 13.3. The molecule has 0 saturated heterocycles. The summed E-state index contributed by atoms with van der Waals surface area (Å²) in [4.78, 5) is 12.0. The second-order valence-electron chi connectivity index (χ2n) is 5.06. The molecule has 0 bridgehead atoms. The Morgan fingerprint density at radius 3 is 2.48 bits per heavy atom. The van der Waals surface area contributed by atoms with Gasteiger partial charge in [-0.15, -0.1) is 0 Å². The molecule has 0 aliphatic rings. The molecule has 0 amide bonds. The van der Waals surface area contributed by atoms with Crippen molar-refractivity contribution in [2.45, 2.75) is 6.54 Å². The molecule has 3 aromatic rings. The van der Waals surface area contributed by atoms with E-state index < -0.39 is 5.97 Å². The summed E-state index contributed by atoms with van der Waals surface area (Å²) in [5, 5.41) is 5.21. The second-order valence-corrected chi connectivity index (χ2v) is 5.49. The number of ether oxygens (including phenoxy) is 1. The number of esters is 1. The monoisotopic (exact) mass is 326 g/mol. The average Bonchev–Trinajstić information content (AvgIpc) is 2.99. The van der Waals surface area contributed by atoms with E-state index in [-0.39, 0.29) is 0 Å². The molecule has 0 N–H and O–H groups in total. The first kappa shape index (κ1) is 15.3. The van der Waals surface area contributed by atoms with Crippen LogP contribution >= 0.6 is 11.6 Å². The highest BCUT2D eigenvalue weighted by Gasteiger charge is 2.17. The van der Waals surface area contributed by atoms with Gasteiger partial charge in [0.2, 0.25) is 0 Å². The number of hydrogen-bond acceptors (Lipinski definition) is 3. The van der Waals surface area contributed by atoms with Crippen molar-refractivity contribution in [3.63, 3.8) is 0 Å². The Kier molecular flexibility index (Phi) is 4.44. The van der Waals surface area contributed by atoms with Gasteiger partial charge in [0.05, 0.1) is 19.3 Å². The second kappa shape index (κ2) is 6.67. The molecule has 2 aromatic carbocycles. The van der Waals surface area contributed by atoms with Crippen LogP contribution in [0.15, 0.2) is 60.7 Å². The molecular formula is C18H15ClN2O2. The highest BCUT2D eigenvalue weighted by molar-refractivity contribution is 6.30. The van der Waals surface area contributed by atoms with Gasteiger partial charge in [-0.2, -0.15) is 5.10 Å². The van der Waals surface area contributed by atoms with Gasteiger partial charge in [0.1, 0.15) is 5.69 Å². The maximum absolute atomic E-state index is 12.0. The van der Waals surface area contributed by atoms with Gasteiger partial charge < -0.3 is 4.74 Å². The maximum Gasteiger partial charge on any atom is 0.356 e. The van der Waals surface area contributed by atoms with E-state index in [2.05, 4.69) is 5.10 Å². The van der Waals surface area contributed by atoms with Crippen LogP contribution in [0.4, 0.5) is 0 Å².